The highest BCUT2D eigenvalue weighted by atomic mass is 16.2. The highest BCUT2D eigenvalue weighted by molar-refractivity contribution is 5.91. The normalized spacial score (nSPS) is 35.2. The van der Waals surface area contributed by atoms with Gasteiger partial charge in [0.05, 0.1) is 5.41 Å². The van der Waals surface area contributed by atoms with Gasteiger partial charge in [-0.3, -0.25) is 9.59 Å². The predicted octanol–water partition coefficient (Wildman–Crippen LogP) is 0.0984. The molecule has 0 aromatic heterocycles. The minimum atomic E-state index is -0.393. The first kappa shape index (κ1) is 13.3. The Bertz CT molecular complexity index is 350. The van der Waals surface area contributed by atoms with Crippen molar-refractivity contribution < 1.29 is 9.59 Å². The maximum absolute atomic E-state index is 12.6. The lowest BCUT2D eigenvalue weighted by molar-refractivity contribution is -0.153. The van der Waals surface area contributed by atoms with Crippen LogP contribution in [0.3, 0.4) is 0 Å². The molecular weight excluding hydrogens is 230 g/mol. The monoisotopic (exact) mass is 253 g/mol. The lowest BCUT2D eigenvalue weighted by atomic mass is 9.61. The summed E-state index contributed by atoms with van der Waals surface area (Å²) in [6, 6.07) is -0.290. The number of rotatable bonds is 3. The molecule has 2 rings (SSSR count). The summed E-state index contributed by atoms with van der Waals surface area (Å²) in [6.45, 7) is 3.22. The van der Waals surface area contributed by atoms with Gasteiger partial charge in [0.2, 0.25) is 11.8 Å². The molecule has 0 aromatic rings. The van der Waals surface area contributed by atoms with Gasteiger partial charge in [-0.15, -0.1) is 0 Å². The van der Waals surface area contributed by atoms with Gasteiger partial charge in [-0.1, -0.05) is 6.92 Å². The highest BCUT2D eigenvalue weighted by Crippen LogP contribution is 2.46. The van der Waals surface area contributed by atoms with E-state index in [1.807, 2.05) is 0 Å². The molecule has 1 saturated carbocycles. The third-order valence-corrected chi connectivity index (χ3v) is 4.39. The molecule has 2 fully saturated rings. The van der Waals surface area contributed by atoms with Gasteiger partial charge in [0, 0.05) is 20.1 Å². The Labute approximate surface area is 108 Å². The van der Waals surface area contributed by atoms with Crippen molar-refractivity contribution >= 4 is 11.8 Å². The fourth-order valence-electron chi connectivity index (χ4n) is 3.46. The van der Waals surface area contributed by atoms with E-state index in [0.717, 1.165) is 25.7 Å². The number of likely N-dealkylation sites (N-methyl/N-ethyl adjacent to an activating group) is 1. The van der Waals surface area contributed by atoms with E-state index in [0.29, 0.717) is 19.0 Å². The highest BCUT2D eigenvalue weighted by Gasteiger charge is 2.51. The average Bonchev–Trinajstić information content (AvgIpc) is 2.81. The first-order chi connectivity index (χ1) is 8.54. The Hall–Kier alpha value is -1.10. The van der Waals surface area contributed by atoms with Crippen molar-refractivity contribution in [2.75, 3.05) is 20.1 Å². The number of hydrogen-bond donors (Lipinski definition) is 2. The summed E-state index contributed by atoms with van der Waals surface area (Å²) in [5.74, 6) is 0.605. The number of likely N-dealkylation sites (tertiary alicyclic amines) is 1. The zero-order valence-corrected chi connectivity index (χ0v) is 11.2. The molecule has 5 nitrogen and oxygen atoms in total. The van der Waals surface area contributed by atoms with E-state index in [-0.39, 0.29) is 17.9 Å². The van der Waals surface area contributed by atoms with Crippen LogP contribution in [0.15, 0.2) is 0 Å². The van der Waals surface area contributed by atoms with Gasteiger partial charge >= 0.3 is 0 Å². The average molecular weight is 253 g/mol. The second-order valence-electron chi connectivity index (χ2n) is 5.77. The van der Waals surface area contributed by atoms with Gasteiger partial charge in [-0.25, -0.2) is 0 Å². The molecule has 1 saturated heterocycles. The van der Waals surface area contributed by atoms with Crippen molar-refractivity contribution in [2.24, 2.45) is 17.1 Å². The van der Waals surface area contributed by atoms with Crippen LogP contribution in [0.4, 0.5) is 0 Å². The first-order valence-corrected chi connectivity index (χ1v) is 6.77. The van der Waals surface area contributed by atoms with Crippen LogP contribution in [0.25, 0.3) is 0 Å². The summed E-state index contributed by atoms with van der Waals surface area (Å²) in [5, 5.41) is 2.64. The number of carbonyl (C=O) groups is 2. The molecule has 1 unspecified atom stereocenters. The lowest BCUT2D eigenvalue weighted by Gasteiger charge is -2.47. The van der Waals surface area contributed by atoms with E-state index in [4.69, 9.17) is 5.73 Å². The molecule has 1 aliphatic carbocycles. The Morgan fingerprint density at radius 3 is 2.61 bits per heavy atom. The van der Waals surface area contributed by atoms with Gasteiger partial charge in [-0.05, 0) is 31.6 Å². The maximum Gasteiger partial charge on any atom is 0.242 e. The minimum absolute atomic E-state index is 0.0552. The van der Waals surface area contributed by atoms with E-state index in [1.165, 1.54) is 0 Å². The second-order valence-corrected chi connectivity index (χ2v) is 5.77. The number of nitrogens with two attached hydrogens (primary N) is 1. The van der Waals surface area contributed by atoms with Crippen LogP contribution in [0.2, 0.25) is 0 Å². The lowest BCUT2D eigenvalue weighted by Crippen LogP contribution is -2.57. The summed E-state index contributed by atoms with van der Waals surface area (Å²) in [5.41, 5.74) is 5.41. The van der Waals surface area contributed by atoms with Crippen LogP contribution in [0.1, 0.15) is 32.6 Å². The largest absolute Gasteiger partial charge is 0.357 e. The molecule has 5 heteroatoms. The third-order valence-electron chi connectivity index (χ3n) is 4.39. The van der Waals surface area contributed by atoms with E-state index >= 15 is 0 Å². The zero-order valence-electron chi connectivity index (χ0n) is 11.2. The zero-order chi connectivity index (χ0) is 13.3. The Kier molecular flexibility index (Phi) is 3.61. The Morgan fingerprint density at radius 1 is 1.44 bits per heavy atom. The standard InChI is InChI=1S/C13H23N3O2/c1-9-6-13(7-9,8-14)12(18)16-5-3-4-10(16)11(17)15-2/h9-10H,3-8,14H2,1-2H3,(H,15,17). The SMILES string of the molecule is CNC(=O)C1CCCN1C(=O)C1(CN)CC(C)C1. The topological polar surface area (TPSA) is 75.4 Å². The molecular formula is C13H23N3O2. The summed E-state index contributed by atoms with van der Waals surface area (Å²) >= 11 is 0. The van der Waals surface area contributed by atoms with Crippen molar-refractivity contribution in [3.63, 3.8) is 0 Å². The van der Waals surface area contributed by atoms with E-state index < -0.39 is 5.41 Å². The van der Waals surface area contributed by atoms with Crippen LogP contribution >= 0.6 is 0 Å². The molecule has 1 heterocycles. The van der Waals surface area contributed by atoms with Crippen molar-refractivity contribution in [3.05, 3.63) is 0 Å². The van der Waals surface area contributed by atoms with Gasteiger partial charge in [0.15, 0.2) is 0 Å². The molecule has 3 N–H and O–H groups in total. The van der Waals surface area contributed by atoms with Crippen LogP contribution in [-0.2, 0) is 9.59 Å². The fraction of sp³-hybridized carbons (Fsp3) is 0.846. The second kappa shape index (κ2) is 4.88. The van der Waals surface area contributed by atoms with Crippen LogP contribution in [-0.4, -0.2) is 42.9 Å². The Balaban J connectivity index is 2.10. The molecule has 0 spiro atoms. The smallest absolute Gasteiger partial charge is 0.242 e. The number of amides is 2. The van der Waals surface area contributed by atoms with Gasteiger partial charge in [0.25, 0.3) is 0 Å². The number of nitrogens with zero attached hydrogens (tertiary/aromatic N) is 1. The number of carbonyl (C=O) groups excluding carboxylic acids is 2. The van der Waals surface area contributed by atoms with Crippen LogP contribution < -0.4 is 11.1 Å². The molecule has 1 aliphatic heterocycles. The van der Waals surface area contributed by atoms with Gasteiger partial charge in [-0.2, -0.15) is 0 Å². The summed E-state index contributed by atoms with van der Waals surface area (Å²) in [4.78, 5) is 26.1. The maximum atomic E-state index is 12.6. The predicted molar refractivity (Wildman–Crippen MR) is 68.7 cm³/mol. The molecule has 18 heavy (non-hydrogen) atoms. The molecule has 102 valence electrons. The molecule has 1 atom stereocenters. The minimum Gasteiger partial charge on any atom is -0.357 e. The fourth-order valence-corrected chi connectivity index (χ4v) is 3.46. The van der Waals surface area contributed by atoms with Crippen LogP contribution in [0, 0.1) is 11.3 Å². The summed E-state index contributed by atoms with van der Waals surface area (Å²) < 4.78 is 0. The summed E-state index contributed by atoms with van der Waals surface area (Å²) in [7, 11) is 1.62. The quantitative estimate of drug-likeness (QED) is 0.749. The molecule has 0 aromatic carbocycles. The van der Waals surface area contributed by atoms with Gasteiger partial charge in [0.1, 0.15) is 6.04 Å². The Morgan fingerprint density at radius 2 is 2.11 bits per heavy atom. The van der Waals surface area contributed by atoms with Crippen molar-refractivity contribution in [2.45, 2.75) is 38.6 Å². The first-order valence-electron chi connectivity index (χ1n) is 6.77. The van der Waals surface area contributed by atoms with E-state index in [2.05, 4.69) is 12.2 Å². The van der Waals surface area contributed by atoms with E-state index in [9.17, 15) is 9.59 Å². The van der Waals surface area contributed by atoms with Crippen molar-refractivity contribution in [1.29, 1.82) is 0 Å². The van der Waals surface area contributed by atoms with Crippen molar-refractivity contribution in [1.82, 2.24) is 10.2 Å². The van der Waals surface area contributed by atoms with Crippen molar-refractivity contribution in [3.8, 4) is 0 Å². The molecule has 2 aliphatic rings. The molecule has 0 bridgehead atoms. The third kappa shape index (κ3) is 2.00. The molecule has 2 amide bonds. The van der Waals surface area contributed by atoms with Crippen LogP contribution in [0.5, 0.6) is 0 Å². The molecule has 0 radical (unpaired) electrons. The number of hydrogen-bond acceptors (Lipinski definition) is 3. The van der Waals surface area contributed by atoms with E-state index in [1.54, 1.807) is 11.9 Å². The summed E-state index contributed by atoms with van der Waals surface area (Å²) in [6.07, 6.45) is 3.39. The van der Waals surface area contributed by atoms with Gasteiger partial charge < -0.3 is 16.0 Å². The number of nitrogens with one attached hydrogen (secondary N) is 1.